The first-order valence-corrected chi connectivity index (χ1v) is 5.64. The lowest BCUT2D eigenvalue weighted by Gasteiger charge is -2.05. The Morgan fingerprint density at radius 3 is 2.88 bits per heavy atom. The largest absolute Gasteiger partial charge is 0.497 e. The maximum Gasteiger partial charge on any atom is 0.139 e. The van der Waals surface area contributed by atoms with Gasteiger partial charge in [-0.3, -0.25) is 0 Å². The standard InChI is InChI=1S/C13H16NO2/c1-15-13-8-4-5-11(9-13)10-14-16-12-6-2-3-7-12/h4-5,8-9,12H,2-3,6-7H2,1H3. The second-order valence-electron chi connectivity index (χ2n) is 3.95. The third-order valence-electron chi connectivity index (χ3n) is 2.75. The van der Waals surface area contributed by atoms with Gasteiger partial charge in [0.1, 0.15) is 18.1 Å². The number of methoxy groups -OCH3 is 1. The monoisotopic (exact) mass is 218 g/mol. The Morgan fingerprint density at radius 1 is 1.31 bits per heavy atom. The highest BCUT2D eigenvalue weighted by Gasteiger charge is 2.15. The van der Waals surface area contributed by atoms with E-state index in [9.17, 15) is 0 Å². The van der Waals surface area contributed by atoms with Crippen LogP contribution in [0.3, 0.4) is 0 Å². The van der Waals surface area contributed by atoms with Crippen molar-refractivity contribution in [2.45, 2.75) is 31.8 Å². The number of hydrogen-bond acceptors (Lipinski definition) is 3. The van der Waals surface area contributed by atoms with Crippen molar-refractivity contribution in [3.63, 3.8) is 0 Å². The van der Waals surface area contributed by atoms with Crippen molar-refractivity contribution < 1.29 is 9.57 Å². The van der Waals surface area contributed by atoms with Crippen LogP contribution in [0.1, 0.15) is 31.2 Å². The smallest absolute Gasteiger partial charge is 0.139 e. The van der Waals surface area contributed by atoms with Crippen molar-refractivity contribution in [3.8, 4) is 5.75 Å². The van der Waals surface area contributed by atoms with E-state index in [-0.39, 0.29) is 6.10 Å². The molecule has 3 heteroatoms. The highest BCUT2D eigenvalue weighted by molar-refractivity contribution is 5.79. The normalized spacial score (nSPS) is 16.8. The van der Waals surface area contributed by atoms with Crippen LogP contribution in [0.5, 0.6) is 5.75 Å². The average Bonchev–Trinajstić information content (AvgIpc) is 2.82. The van der Waals surface area contributed by atoms with E-state index in [0.717, 1.165) is 24.2 Å². The Bertz CT molecular complexity index is 357. The summed E-state index contributed by atoms with van der Waals surface area (Å²) in [5.74, 6) is 0.807. The number of hydrogen-bond donors (Lipinski definition) is 0. The minimum absolute atomic E-state index is 0.290. The molecule has 2 rings (SSSR count). The van der Waals surface area contributed by atoms with E-state index in [2.05, 4.69) is 11.4 Å². The van der Waals surface area contributed by atoms with Gasteiger partial charge in [0.25, 0.3) is 0 Å². The molecule has 1 aromatic carbocycles. The van der Waals surface area contributed by atoms with Crippen molar-refractivity contribution in [1.82, 2.24) is 0 Å². The van der Waals surface area contributed by atoms with Gasteiger partial charge in [0.15, 0.2) is 0 Å². The Kier molecular flexibility index (Phi) is 3.81. The average molecular weight is 218 g/mol. The van der Waals surface area contributed by atoms with E-state index in [4.69, 9.17) is 9.57 Å². The molecule has 1 aromatic rings. The molecule has 0 bridgehead atoms. The summed E-state index contributed by atoms with van der Waals surface area (Å²) in [7, 11) is 1.64. The fraction of sp³-hybridized carbons (Fsp3) is 0.462. The molecule has 0 aliphatic heterocycles. The van der Waals surface area contributed by atoms with Crippen LogP contribution in [-0.4, -0.2) is 19.4 Å². The zero-order chi connectivity index (χ0) is 11.2. The van der Waals surface area contributed by atoms with Crippen LogP contribution in [0, 0.1) is 0 Å². The topological polar surface area (TPSA) is 30.8 Å². The Morgan fingerprint density at radius 2 is 2.12 bits per heavy atom. The molecule has 85 valence electrons. The maximum atomic E-state index is 5.35. The number of ether oxygens (including phenoxy) is 1. The first-order valence-electron chi connectivity index (χ1n) is 5.64. The summed E-state index contributed by atoms with van der Waals surface area (Å²) in [6, 6.07) is 7.60. The van der Waals surface area contributed by atoms with Crippen LogP contribution in [0.4, 0.5) is 0 Å². The quantitative estimate of drug-likeness (QED) is 0.574. The highest BCUT2D eigenvalue weighted by atomic mass is 16.6. The van der Waals surface area contributed by atoms with Gasteiger partial charge in [-0.05, 0) is 37.8 Å². The molecule has 1 radical (unpaired) electrons. The van der Waals surface area contributed by atoms with Crippen LogP contribution in [0.25, 0.3) is 0 Å². The summed E-state index contributed by atoms with van der Waals surface area (Å²) in [5.41, 5.74) is 0.873. The van der Waals surface area contributed by atoms with Crippen LogP contribution in [0.15, 0.2) is 29.4 Å². The molecule has 0 aromatic heterocycles. The van der Waals surface area contributed by atoms with Crippen LogP contribution in [0.2, 0.25) is 0 Å². The minimum atomic E-state index is 0.290. The first-order chi connectivity index (χ1) is 7.88. The predicted molar refractivity (Wildman–Crippen MR) is 62.9 cm³/mol. The van der Waals surface area contributed by atoms with Crippen molar-refractivity contribution in [3.05, 3.63) is 29.8 Å². The van der Waals surface area contributed by atoms with E-state index < -0.39 is 0 Å². The number of rotatable bonds is 4. The van der Waals surface area contributed by atoms with Gasteiger partial charge in [-0.15, -0.1) is 0 Å². The molecule has 0 amide bonds. The van der Waals surface area contributed by atoms with Gasteiger partial charge in [0, 0.05) is 5.56 Å². The Hall–Kier alpha value is -1.51. The van der Waals surface area contributed by atoms with Gasteiger partial charge in [-0.25, -0.2) is 0 Å². The molecular formula is C13H16NO2. The summed E-state index contributed by atoms with van der Waals surface area (Å²) in [4.78, 5) is 5.35. The molecule has 1 aliphatic carbocycles. The summed E-state index contributed by atoms with van der Waals surface area (Å²) in [6.45, 7) is 0. The molecule has 0 atom stereocenters. The fourth-order valence-corrected chi connectivity index (χ4v) is 1.84. The summed E-state index contributed by atoms with van der Waals surface area (Å²) >= 11 is 0. The van der Waals surface area contributed by atoms with Gasteiger partial charge in [0.2, 0.25) is 0 Å². The molecule has 3 nitrogen and oxygen atoms in total. The van der Waals surface area contributed by atoms with Crippen molar-refractivity contribution in [1.29, 1.82) is 0 Å². The van der Waals surface area contributed by atoms with E-state index in [0.29, 0.717) is 0 Å². The molecule has 0 spiro atoms. The number of nitrogens with zero attached hydrogens (tertiary/aromatic N) is 1. The second-order valence-corrected chi connectivity index (χ2v) is 3.95. The predicted octanol–water partition coefficient (Wildman–Crippen LogP) is 2.87. The second kappa shape index (κ2) is 5.54. The third kappa shape index (κ3) is 2.99. The SMILES string of the molecule is COc1cccc(/[C]=N/OC2CCCC2)c1. The van der Waals surface area contributed by atoms with Crippen LogP contribution < -0.4 is 4.74 Å². The Labute approximate surface area is 96.1 Å². The van der Waals surface area contributed by atoms with Gasteiger partial charge < -0.3 is 9.57 Å². The number of benzene rings is 1. The Balaban J connectivity index is 1.89. The lowest BCUT2D eigenvalue weighted by Crippen LogP contribution is -2.02. The molecule has 16 heavy (non-hydrogen) atoms. The van der Waals surface area contributed by atoms with E-state index in [1.807, 2.05) is 24.3 Å². The molecule has 0 N–H and O–H groups in total. The third-order valence-corrected chi connectivity index (χ3v) is 2.75. The van der Waals surface area contributed by atoms with Gasteiger partial charge in [-0.1, -0.05) is 17.3 Å². The summed E-state index contributed by atoms with van der Waals surface area (Å²) in [6.07, 6.45) is 7.89. The van der Waals surface area contributed by atoms with Crippen LogP contribution in [-0.2, 0) is 4.84 Å². The molecule has 1 fully saturated rings. The maximum absolute atomic E-state index is 5.35. The summed E-state index contributed by atoms with van der Waals surface area (Å²) in [5, 5.41) is 3.89. The van der Waals surface area contributed by atoms with E-state index >= 15 is 0 Å². The molecule has 0 unspecified atom stereocenters. The van der Waals surface area contributed by atoms with Gasteiger partial charge in [0.05, 0.1) is 7.11 Å². The van der Waals surface area contributed by atoms with Gasteiger partial charge in [-0.2, -0.15) is 0 Å². The van der Waals surface area contributed by atoms with Gasteiger partial charge >= 0.3 is 0 Å². The minimum Gasteiger partial charge on any atom is -0.497 e. The molecule has 0 saturated heterocycles. The fourth-order valence-electron chi connectivity index (χ4n) is 1.84. The molecule has 0 heterocycles. The molecule has 1 saturated carbocycles. The van der Waals surface area contributed by atoms with Crippen molar-refractivity contribution in [2.24, 2.45) is 5.16 Å². The van der Waals surface area contributed by atoms with Crippen molar-refractivity contribution in [2.75, 3.05) is 7.11 Å². The highest BCUT2D eigenvalue weighted by Crippen LogP contribution is 2.21. The van der Waals surface area contributed by atoms with E-state index in [1.165, 1.54) is 12.8 Å². The van der Waals surface area contributed by atoms with Crippen molar-refractivity contribution >= 4 is 6.21 Å². The van der Waals surface area contributed by atoms with E-state index in [1.54, 1.807) is 7.11 Å². The van der Waals surface area contributed by atoms with Crippen LogP contribution >= 0.6 is 0 Å². The zero-order valence-electron chi connectivity index (χ0n) is 9.48. The first kappa shape index (κ1) is 11.0. The zero-order valence-corrected chi connectivity index (χ0v) is 9.48. The molecule has 1 aliphatic rings. The lowest BCUT2D eigenvalue weighted by molar-refractivity contribution is 0.0657. The summed E-state index contributed by atoms with van der Waals surface area (Å²) < 4.78 is 5.11. The lowest BCUT2D eigenvalue weighted by atomic mass is 10.2. The molecular weight excluding hydrogens is 202 g/mol.